The van der Waals surface area contributed by atoms with Gasteiger partial charge in [-0.2, -0.15) is 13.2 Å². The quantitative estimate of drug-likeness (QED) is 0.289. The number of imidazole rings is 1. The van der Waals surface area contributed by atoms with E-state index in [-0.39, 0.29) is 5.52 Å². The molecule has 0 spiro atoms. The van der Waals surface area contributed by atoms with E-state index in [4.69, 9.17) is 4.74 Å². The number of aromatic nitrogens is 2. The van der Waals surface area contributed by atoms with Crippen LogP contribution in [0.2, 0.25) is 0 Å². The minimum atomic E-state index is -4.49. The topological polar surface area (TPSA) is 44.1 Å². The minimum Gasteiger partial charge on any atom is -0.457 e. The summed E-state index contributed by atoms with van der Waals surface area (Å²) in [6.07, 6.45) is -2.63. The van der Waals surface area contributed by atoms with Crippen molar-refractivity contribution in [2.45, 2.75) is 37.8 Å². The number of unbranched alkanes of at least 4 members (excludes halogenated alkanes) is 1. The molecule has 4 nitrogen and oxygen atoms in total. The number of ether oxygens (including phenoxy) is 1. The highest BCUT2D eigenvalue weighted by Crippen LogP contribution is 2.36. The van der Waals surface area contributed by atoms with Gasteiger partial charge in [0.05, 0.1) is 27.6 Å². The Kier molecular flexibility index (Phi) is 6.56. The monoisotopic (exact) mass is 472 g/mol. The molecule has 172 valence electrons. The molecule has 0 saturated heterocycles. The van der Waals surface area contributed by atoms with Crippen LogP contribution in [0, 0.1) is 6.92 Å². The zero-order chi connectivity index (χ0) is 23.6. The van der Waals surface area contributed by atoms with Gasteiger partial charge in [-0.25, -0.2) is 4.98 Å². The fourth-order valence-corrected chi connectivity index (χ4v) is 4.93. The van der Waals surface area contributed by atoms with Gasteiger partial charge in [0.2, 0.25) is 0 Å². The maximum atomic E-state index is 13.4. The van der Waals surface area contributed by atoms with E-state index < -0.39 is 22.5 Å². The Labute approximate surface area is 192 Å². The van der Waals surface area contributed by atoms with Crippen molar-refractivity contribution >= 4 is 21.8 Å². The van der Waals surface area contributed by atoms with E-state index in [1.807, 2.05) is 6.07 Å². The van der Waals surface area contributed by atoms with E-state index in [1.165, 1.54) is 6.07 Å². The first-order valence-corrected chi connectivity index (χ1v) is 11.9. The second-order valence-corrected chi connectivity index (χ2v) is 9.21. The first-order chi connectivity index (χ1) is 15.8. The molecule has 33 heavy (non-hydrogen) atoms. The van der Waals surface area contributed by atoms with E-state index in [1.54, 1.807) is 60.0 Å². The van der Waals surface area contributed by atoms with Gasteiger partial charge in [0.1, 0.15) is 22.8 Å². The summed E-state index contributed by atoms with van der Waals surface area (Å²) in [5, 5.41) is 0. The predicted octanol–water partition coefficient (Wildman–Crippen LogP) is 7.05. The highest BCUT2D eigenvalue weighted by Gasteiger charge is 2.34. The van der Waals surface area contributed by atoms with Crippen molar-refractivity contribution < 1.29 is 22.1 Å². The van der Waals surface area contributed by atoms with Gasteiger partial charge in [-0.3, -0.25) is 8.78 Å². The van der Waals surface area contributed by atoms with Crippen molar-refractivity contribution in [2.75, 3.05) is 5.75 Å². The molecule has 0 saturated carbocycles. The standard InChI is InChI=1S/C25H23F3N2O2S/c1-3-4-14-33(31)21-11-6-10-20(16-21)32-19-9-5-8-18(15-19)30-17(2)29-24-22(25(26,27)28)12-7-13-23(24)30/h5-13,15-16H,3-4,14H2,1-2H3. The number of aryl methyl sites for hydroxylation is 1. The van der Waals surface area contributed by atoms with Crippen molar-refractivity contribution in [2.24, 2.45) is 0 Å². The van der Waals surface area contributed by atoms with Crippen LogP contribution in [-0.4, -0.2) is 19.5 Å². The van der Waals surface area contributed by atoms with E-state index in [9.17, 15) is 17.4 Å². The summed E-state index contributed by atoms with van der Waals surface area (Å²) in [7, 11) is -1.09. The van der Waals surface area contributed by atoms with E-state index in [0.29, 0.717) is 39.2 Å². The van der Waals surface area contributed by atoms with Gasteiger partial charge >= 0.3 is 6.18 Å². The molecule has 0 fully saturated rings. The molecule has 3 aromatic carbocycles. The maximum absolute atomic E-state index is 13.4. The lowest BCUT2D eigenvalue weighted by Gasteiger charge is -2.12. The molecular weight excluding hydrogens is 449 g/mol. The molecule has 1 atom stereocenters. The van der Waals surface area contributed by atoms with Gasteiger partial charge in [0.25, 0.3) is 0 Å². The summed E-state index contributed by atoms with van der Waals surface area (Å²) in [5.41, 5.74) is 0.153. The Hall–Kier alpha value is -3.13. The smallest absolute Gasteiger partial charge is 0.418 e. The highest BCUT2D eigenvalue weighted by molar-refractivity contribution is 7.85. The Morgan fingerprint density at radius 2 is 1.70 bits per heavy atom. The Bertz CT molecular complexity index is 1310. The average Bonchev–Trinajstić information content (AvgIpc) is 3.12. The molecule has 1 unspecified atom stereocenters. The van der Waals surface area contributed by atoms with Gasteiger partial charge in [-0.1, -0.05) is 31.5 Å². The second-order valence-electron chi connectivity index (χ2n) is 7.64. The summed E-state index contributed by atoms with van der Waals surface area (Å²) in [5.74, 6) is 2.09. The van der Waals surface area contributed by atoms with Crippen LogP contribution in [0.25, 0.3) is 16.7 Å². The molecule has 0 amide bonds. The number of fused-ring (bicyclic) bond motifs is 1. The number of halogens is 3. The average molecular weight is 473 g/mol. The van der Waals surface area contributed by atoms with Crippen LogP contribution in [0.4, 0.5) is 13.2 Å². The largest absolute Gasteiger partial charge is 0.457 e. The first kappa shape index (κ1) is 23.0. The number of alkyl halides is 3. The molecule has 0 bridgehead atoms. The lowest BCUT2D eigenvalue weighted by Crippen LogP contribution is -2.05. The molecule has 0 aliphatic carbocycles. The van der Waals surface area contributed by atoms with E-state index >= 15 is 0 Å². The van der Waals surface area contributed by atoms with Crippen LogP contribution in [0.1, 0.15) is 31.2 Å². The first-order valence-electron chi connectivity index (χ1n) is 10.6. The van der Waals surface area contributed by atoms with Gasteiger partial charge < -0.3 is 4.74 Å². The normalized spacial score (nSPS) is 12.8. The molecule has 1 heterocycles. The summed E-state index contributed by atoms with van der Waals surface area (Å²) < 4.78 is 60.4. The van der Waals surface area contributed by atoms with Crippen LogP contribution in [-0.2, 0) is 17.0 Å². The number of benzene rings is 3. The van der Waals surface area contributed by atoms with Crippen molar-refractivity contribution in [3.05, 3.63) is 78.1 Å². The zero-order valence-corrected chi connectivity index (χ0v) is 19.0. The molecule has 0 N–H and O–H groups in total. The Morgan fingerprint density at radius 1 is 1.00 bits per heavy atom. The van der Waals surface area contributed by atoms with Crippen molar-refractivity contribution in [3.8, 4) is 17.2 Å². The lowest BCUT2D eigenvalue weighted by molar-refractivity contribution is -0.136. The molecule has 1 aromatic heterocycles. The van der Waals surface area contributed by atoms with Crippen LogP contribution in [0.3, 0.4) is 0 Å². The van der Waals surface area contributed by atoms with Gasteiger partial charge in [0, 0.05) is 16.7 Å². The van der Waals surface area contributed by atoms with E-state index in [0.717, 1.165) is 18.9 Å². The fourth-order valence-electron chi connectivity index (χ4n) is 3.66. The molecule has 0 aliphatic heterocycles. The van der Waals surface area contributed by atoms with Gasteiger partial charge in [-0.15, -0.1) is 0 Å². The number of hydrogen-bond acceptors (Lipinski definition) is 3. The summed E-state index contributed by atoms with van der Waals surface area (Å²) in [6, 6.07) is 18.3. The van der Waals surface area contributed by atoms with E-state index in [2.05, 4.69) is 11.9 Å². The second kappa shape index (κ2) is 9.39. The number of rotatable bonds is 7. The van der Waals surface area contributed by atoms with Crippen LogP contribution in [0.15, 0.2) is 71.6 Å². The minimum absolute atomic E-state index is 0.0870. The maximum Gasteiger partial charge on any atom is 0.418 e. The molecule has 4 rings (SSSR count). The molecule has 0 radical (unpaired) electrons. The Morgan fingerprint density at radius 3 is 2.42 bits per heavy atom. The third-order valence-corrected chi connectivity index (χ3v) is 6.66. The van der Waals surface area contributed by atoms with Crippen molar-refractivity contribution in [3.63, 3.8) is 0 Å². The SMILES string of the molecule is CCCCS(=O)c1cccc(Oc2cccc(-n3c(C)nc4c(C(F)(F)F)cccc43)c2)c1. The Balaban J connectivity index is 1.67. The van der Waals surface area contributed by atoms with Crippen LogP contribution in [0.5, 0.6) is 11.5 Å². The third kappa shape index (κ3) is 4.95. The molecular formula is C25H23F3N2O2S. The molecule has 8 heteroatoms. The van der Waals surface area contributed by atoms with Crippen molar-refractivity contribution in [1.29, 1.82) is 0 Å². The molecule has 0 aliphatic rings. The summed E-state index contributed by atoms with van der Waals surface area (Å²) in [6.45, 7) is 3.72. The zero-order valence-electron chi connectivity index (χ0n) is 18.2. The van der Waals surface area contributed by atoms with Gasteiger partial charge in [-0.05, 0) is 55.8 Å². The van der Waals surface area contributed by atoms with Gasteiger partial charge in [0.15, 0.2) is 0 Å². The van der Waals surface area contributed by atoms with Crippen LogP contribution >= 0.6 is 0 Å². The molecule has 4 aromatic rings. The van der Waals surface area contributed by atoms with Crippen molar-refractivity contribution in [1.82, 2.24) is 9.55 Å². The number of nitrogens with zero attached hydrogens (tertiary/aromatic N) is 2. The number of para-hydroxylation sites is 1. The third-order valence-electron chi connectivity index (χ3n) is 5.22. The highest BCUT2D eigenvalue weighted by atomic mass is 32.2. The van der Waals surface area contributed by atoms with Crippen LogP contribution < -0.4 is 4.74 Å². The predicted molar refractivity (Wildman–Crippen MR) is 124 cm³/mol. The number of hydrogen-bond donors (Lipinski definition) is 0. The summed E-state index contributed by atoms with van der Waals surface area (Å²) in [4.78, 5) is 4.90. The fraction of sp³-hybridized carbons (Fsp3) is 0.240. The lowest BCUT2D eigenvalue weighted by atomic mass is 10.1. The summed E-state index contributed by atoms with van der Waals surface area (Å²) >= 11 is 0.